The number of fused-ring (bicyclic) bond motifs is 1. The summed E-state index contributed by atoms with van der Waals surface area (Å²) >= 11 is 6.79. The van der Waals surface area contributed by atoms with Crippen molar-refractivity contribution in [2.75, 3.05) is 36.0 Å². The minimum atomic E-state index is -3.18. The van der Waals surface area contributed by atoms with Gasteiger partial charge in [0.15, 0.2) is 11.4 Å². The van der Waals surface area contributed by atoms with Crippen molar-refractivity contribution in [3.8, 4) is 11.1 Å². The van der Waals surface area contributed by atoms with Gasteiger partial charge in [0.2, 0.25) is 5.95 Å². The van der Waals surface area contributed by atoms with E-state index in [1.165, 1.54) is 18.7 Å². The van der Waals surface area contributed by atoms with Crippen molar-refractivity contribution in [1.82, 2.24) is 34.3 Å². The second-order valence-electron chi connectivity index (χ2n) is 9.46. The molecule has 0 amide bonds. The molecule has 0 saturated carbocycles. The van der Waals surface area contributed by atoms with Gasteiger partial charge in [0.1, 0.15) is 17.7 Å². The third kappa shape index (κ3) is 4.40. The Labute approximate surface area is 231 Å². The number of piperazine rings is 1. The maximum Gasteiger partial charge on any atom is 0.275 e. The van der Waals surface area contributed by atoms with Gasteiger partial charge < -0.3 is 14.9 Å². The Morgan fingerprint density at radius 1 is 0.900 bits per heavy atom. The molecule has 206 valence electrons. The Hall–Kier alpha value is -4.23. The number of aliphatic hydroxyl groups is 1. The van der Waals surface area contributed by atoms with Crippen molar-refractivity contribution in [2.24, 2.45) is 7.05 Å². The predicted octanol–water partition coefficient (Wildman–Crippen LogP) is 3.54. The average Bonchev–Trinajstić information content (AvgIpc) is 3.55. The Morgan fingerprint density at radius 3 is 2.20 bits per heavy atom. The molecule has 1 aliphatic rings. The molecule has 5 aromatic rings. The molecule has 40 heavy (non-hydrogen) atoms. The van der Waals surface area contributed by atoms with E-state index in [0.29, 0.717) is 48.5 Å². The molecule has 6 rings (SSSR count). The van der Waals surface area contributed by atoms with E-state index in [1.807, 2.05) is 24.3 Å². The lowest BCUT2D eigenvalue weighted by Gasteiger charge is -2.35. The van der Waals surface area contributed by atoms with Gasteiger partial charge >= 0.3 is 0 Å². The summed E-state index contributed by atoms with van der Waals surface area (Å²) in [7, 11) is 1.83. The summed E-state index contributed by atoms with van der Waals surface area (Å²) in [4.78, 5) is 17.0. The third-order valence-electron chi connectivity index (χ3n) is 7.05. The molecule has 0 spiro atoms. The Balaban J connectivity index is 1.21. The maximum atomic E-state index is 14.0. The first-order valence-electron chi connectivity index (χ1n) is 12.4. The molecule has 0 aliphatic carbocycles. The van der Waals surface area contributed by atoms with Crippen LogP contribution in [-0.2, 0) is 12.6 Å². The Kier molecular flexibility index (Phi) is 6.55. The number of anilines is 2. The lowest BCUT2D eigenvalue weighted by atomic mass is 9.88. The second kappa shape index (κ2) is 10.1. The van der Waals surface area contributed by atoms with Gasteiger partial charge in [0.25, 0.3) is 6.43 Å². The second-order valence-corrected chi connectivity index (χ2v) is 9.83. The van der Waals surface area contributed by atoms with Crippen molar-refractivity contribution in [2.45, 2.75) is 12.0 Å². The molecule has 1 aromatic carbocycles. The number of hydrogen-bond donors (Lipinski definition) is 1. The van der Waals surface area contributed by atoms with E-state index in [9.17, 15) is 18.3 Å². The van der Waals surface area contributed by atoms with Crippen LogP contribution in [-0.4, -0.2) is 72.1 Å². The van der Waals surface area contributed by atoms with Crippen molar-refractivity contribution in [3.63, 3.8) is 0 Å². The zero-order chi connectivity index (χ0) is 28.0. The van der Waals surface area contributed by atoms with Crippen LogP contribution >= 0.6 is 11.6 Å². The number of rotatable bonds is 6. The summed E-state index contributed by atoms with van der Waals surface area (Å²) in [5, 5.41) is 19.9. The van der Waals surface area contributed by atoms with E-state index >= 15 is 0 Å². The lowest BCUT2D eigenvalue weighted by Crippen LogP contribution is -2.47. The van der Waals surface area contributed by atoms with E-state index < -0.39 is 17.8 Å². The largest absolute Gasteiger partial charge is 0.375 e. The first-order chi connectivity index (χ1) is 19.3. The molecule has 14 heteroatoms. The number of aromatic nitrogens is 7. The van der Waals surface area contributed by atoms with Crippen molar-refractivity contribution < 1.29 is 18.3 Å². The van der Waals surface area contributed by atoms with Crippen LogP contribution < -0.4 is 9.80 Å². The van der Waals surface area contributed by atoms with Gasteiger partial charge in [-0.15, -0.1) is 0 Å². The number of alkyl halides is 2. The van der Waals surface area contributed by atoms with Crippen molar-refractivity contribution >= 4 is 28.9 Å². The van der Waals surface area contributed by atoms with Crippen LogP contribution in [0.4, 0.5) is 24.9 Å². The van der Waals surface area contributed by atoms with E-state index in [4.69, 9.17) is 11.6 Å². The van der Waals surface area contributed by atoms with E-state index in [0.717, 1.165) is 35.4 Å². The highest BCUT2D eigenvalue weighted by atomic mass is 35.5. The minimum absolute atomic E-state index is 0.152. The standard InChI is InChI=1S/C26H23ClF3N9O/c1-36-13-16(10-34-36)20-14-39-22(21(20)27)23(33-15-35-39)37-6-8-38(9-7-37)25-31-11-18(12-32-25)26(40,24(29)30)17-2-4-19(28)5-3-17/h2-5,10-15,24,40H,6-9H2,1H3/t26-/m0/s1. The average molecular weight is 570 g/mol. The summed E-state index contributed by atoms with van der Waals surface area (Å²) in [6, 6.07) is 4.28. The van der Waals surface area contributed by atoms with Crippen LogP contribution in [0.15, 0.2) is 61.6 Å². The highest BCUT2D eigenvalue weighted by Crippen LogP contribution is 2.37. The van der Waals surface area contributed by atoms with Gasteiger partial charge in [-0.2, -0.15) is 10.2 Å². The maximum absolute atomic E-state index is 14.0. The van der Waals surface area contributed by atoms with E-state index in [2.05, 4.69) is 30.0 Å². The van der Waals surface area contributed by atoms with Crippen LogP contribution in [0.25, 0.3) is 16.6 Å². The zero-order valence-corrected chi connectivity index (χ0v) is 21.9. The number of halogens is 4. The fourth-order valence-electron chi connectivity index (χ4n) is 4.88. The first kappa shape index (κ1) is 26.0. The fraction of sp³-hybridized carbons (Fsp3) is 0.269. The van der Waals surface area contributed by atoms with Crippen molar-refractivity contribution in [1.29, 1.82) is 0 Å². The zero-order valence-electron chi connectivity index (χ0n) is 21.2. The number of hydrogen-bond acceptors (Lipinski definition) is 8. The third-order valence-corrected chi connectivity index (χ3v) is 7.43. The molecular weight excluding hydrogens is 547 g/mol. The van der Waals surface area contributed by atoms with Gasteiger partial charge in [-0.25, -0.2) is 32.6 Å². The molecular formula is C26H23ClF3N9O. The Bertz CT molecular complexity index is 1650. The van der Waals surface area contributed by atoms with Crippen LogP contribution in [0.2, 0.25) is 5.02 Å². The Morgan fingerprint density at radius 2 is 1.57 bits per heavy atom. The van der Waals surface area contributed by atoms with Gasteiger partial charge in [-0.05, 0) is 17.7 Å². The summed E-state index contributed by atoms with van der Waals surface area (Å²) in [5.74, 6) is 0.431. The molecule has 1 fully saturated rings. The molecule has 4 aromatic heterocycles. The molecule has 1 atom stereocenters. The highest BCUT2D eigenvalue weighted by Gasteiger charge is 2.42. The molecule has 1 aliphatic heterocycles. The molecule has 0 radical (unpaired) electrons. The van der Waals surface area contributed by atoms with Gasteiger partial charge in [0, 0.05) is 74.7 Å². The molecule has 1 saturated heterocycles. The van der Waals surface area contributed by atoms with Gasteiger partial charge in [-0.3, -0.25) is 4.68 Å². The first-order valence-corrected chi connectivity index (χ1v) is 12.7. The fourth-order valence-corrected chi connectivity index (χ4v) is 5.20. The molecule has 1 N–H and O–H groups in total. The van der Waals surface area contributed by atoms with Crippen molar-refractivity contribution in [3.05, 3.63) is 83.5 Å². The van der Waals surface area contributed by atoms with Gasteiger partial charge in [0.05, 0.1) is 11.2 Å². The van der Waals surface area contributed by atoms with Crippen LogP contribution in [0.3, 0.4) is 0 Å². The van der Waals surface area contributed by atoms with Crippen LogP contribution in [0.5, 0.6) is 0 Å². The van der Waals surface area contributed by atoms with Gasteiger partial charge in [-0.1, -0.05) is 23.7 Å². The normalized spacial score (nSPS) is 15.7. The van der Waals surface area contributed by atoms with E-state index in [-0.39, 0.29) is 11.1 Å². The monoisotopic (exact) mass is 569 g/mol. The lowest BCUT2D eigenvalue weighted by molar-refractivity contribution is -0.0722. The topological polar surface area (TPSA) is 101 Å². The highest BCUT2D eigenvalue weighted by molar-refractivity contribution is 6.37. The molecule has 10 nitrogen and oxygen atoms in total. The van der Waals surface area contributed by atoms with Crippen LogP contribution in [0, 0.1) is 5.82 Å². The number of aryl methyl sites for hydroxylation is 1. The minimum Gasteiger partial charge on any atom is -0.375 e. The predicted molar refractivity (Wildman–Crippen MR) is 142 cm³/mol. The summed E-state index contributed by atoms with van der Waals surface area (Å²) in [6.07, 6.45) is 6.11. The number of benzene rings is 1. The molecule has 0 unspecified atom stereocenters. The molecule has 5 heterocycles. The summed E-state index contributed by atoms with van der Waals surface area (Å²) in [5.41, 5.74) is -0.660. The molecule has 0 bridgehead atoms. The summed E-state index contributed by atoms with van der Waals surface area (Å²) in [6.45, 7) is 2.19. The summed E-state index contributed by atoms with van der Waals surface area (Å²) < 4.78 is 44.7. The number of nitrogens with zero attached hydrogens (tertiary/aromatic N) is 9. The smallest absolute Gasteiger partial charge is 0.275 e. The van der Waals surface area contributed by atoms with E-state index in [1.54, 1.807) is 15.4 Å². The quantitative estimate of drug-likeness (QED) is 0.331. The SMILES string of the molecule is Cn1cc(-c2cn3ncnc(N4CCN(c5ncc([C@@](O)(c6ccc(F)cc6)C(F)F)cn5)CC4)c3c2Cl)cn1. The van der Waals surface area contributed by atoms with Crippen LogP contribution in [0.1, 0.15) is 11.1 Å².